The molecule has 0 spiro atoms. The fourth-order valence-corrected chi connectivity index (χ4v) is 1.99. The number of H-pyrrole nitrogens is 1. The molecule has 1 aliphatic heterocycles. The van der Waals surface area contributed by atoms with Crippen LogP contribution in [0.1, 0.15) is 16.2 Å². The molecule has 0 radical (unpaired) electrons. The van der Waals surface area contributed by atoms with E-state index in [0.29, 0.717) is 31.9 Å². The molecule has 7 heteroatoms. The van der Waals surface area contributed by atoms with Gasteiger partial charge in [0.25, 0.3) is 5.91 Å². The second-order valence-electron chi connectivity index (χ2n) is 4.40. The van der Waals surface area contributed by atoms with Gasteiger partial charge in [-0.15, -0.1) is 0 Å². The number of hydrogen-bond acceptors (Lipinski definition) is 4. The number of aromatic amines is 1. The maximum Gasteiger partial charge on any atom is 0.317 e. The molecule has 18 heavy (non-hydrogen) atoms. The van der Waals surface area contributed by atoms with Crippen molar-refractivity contribution in [2.75, 3.05) is 32.7 Å². The molecule has 0 saturated carbocycles. The van der Waals surface area contributed by atoms with Crippen LogP contribution in [-0.2, 0) is 4.79 Å². The van der Waals surface area contributed by atoms with Gasteiger partial charge >= 0.3 is 5.97 Å². The first-order valence-electron chi connectivity index (χ1n) is 5.81. The maximum absolute atomic E-state index is 12.1. The minimum Gasteiger partial charge on any atom is -0.480 e. The summed E-state index contributed by atoms with van der Waals surface area (Å²) in [7, 11) is 0. The summed E-state index contributed by atoms with van der Waals surface area (Å²) in [5, 5.41) is 15.4. The number of nitrogens with zero attached hydrogens (tertiary/aromatic N) is 3. The van der Waals surface area contributed by atoms with Crippen molar-refractivity contribution in [1.82, 2.24) is 20.0 Å². The zero-order valence-corrected chi connectivity index (χ0v) is 10.2. The minimum absolute atomic E-state index is 0.0313. The molecule has 1 fully saturated rings. The fraction of sp³-hybridized carbons (Fsp3) is 0.545. The van der Waals surface area contributed by atoms with Crippen LogP contribution in [0, 0.1) is 6.92 Å². The Morgan fingerprint density at radius 1 is 1.39 bits per heavy atom. The molecule has 2 heterocycles. The van der Waals surface area contributed by atoms with Crippen LogP contribution in [0.2, 0.25) is 0 Å². The van der Waals surface area contributed by atoms with Gasteiger partial charge in [0.1, 0.15) is 5.69 Å². The van der Waals surface area contributed by atoms with Gasteiger partial charge in [-0.3, -0.25) is 19.6 Å². The van der Waals surface area contributed by atoms with E-state index in [4.69, 9.17) is 5.11 Å². The van der Waals surface area contributed by atoms with Crippen LogP contribution >= 0.6 is 0 Å². The van der Waals surface area contributed by atoms with Crippen LogP contribution in [-0.4, -0.2) is 69.7 Å². The van der Waals surface area contributed by atoms with Crippen molar-refractivity contribution in [1.29, 1.82) is 0 Å². The Hall–Kier alpha value is -1.89. The number of carboxylic acids is 1. The van der Waals surface area contributed by atoms with Crippen molar-refractivity contribution < 1.29 is 14.7 Å². The van der Waals surface area contributed by atoms with Crippen LogP contribution in [0.5, 0.6) is 0 Å². The number of aromatic nitrogens is 2. The molecule has 98 valence electrons. The van der Waals surface area contributed by atoms with Crippen molar-refractivity contribution in [2.45, 2.75) is 6.92 Å². The Kier molecular flexibility index (Phi) is 3.61. The molecule has 0 aliphatic carbocycles. The molecule has 0 atom stereocenters. The summed E-state index contributed by atoms with van der Waals surface area (Å²) in [6.07, 6.45) is 0. The van der Waals surface area contributed by atoms with E-state index in [-0.39, 0.29) is 12.5 Å². The van der Waals surface area contributed by atoms with Gasteiger partial charge in [0.2, 0.25) is 0 Å². The lowest BCUT2D eigenvalue weighted by atomic mass is 10.2. The van der Waals surface area contributed by atoms with Crippen molar-refractivity contribution in [3.05, 3.63) is 17.5 Å². The van der Waals surface area contributed by atoms with E-state index in [9.17, 15) is 9.59 Å². The number of carbonyl (C=O) groups excluding carboxylic acids is 1. The normalized spacial score (nSPS) is 16.8. The summed E-state index contributed by atoms with van der Waals surface area (Å²) in [6.45, 7) is 4.12. The summed E-state index contributed by atoms with van der Waals surface area (Å²) < 4.78 is 0. The van der Waals surface area contributed by atoms with Crippen molar-refractivity contribution in [3.63, 3.8) is 0 Å². The number of carbonyl (C=O) groups is 2. The summed E-state index contributed by atoms with van der Waals surface area (Å²) in [5.74, 6) is -0.938. The van der Waals surface area contributed by atoms with E-state index in [2.05, 4.69) is 10.2 Å². The maximum atomic E-state index is 12.1. The highest BCUT2D eigenvalue weighted by molar-refractivity contribution is 5.92. The van der Waals surface area contributed by atoms with Crippen molar-refractivity contribution in [3.8, 4) is 0 Å². The number of rotatable bonds is 3. The topological polar surface area (TPSA) is 89.5 Å². The second-order valence-corrected chi connectivity index (χ2v) is 4.40. The first-order valence-corrected chi connectivity index (χ1v) is 5.81. The molecule has 0 unspecified atom stereocenters. The van der Waals surface area contributed by atoms with Gasteiger partial charge < -0.3 is 10.0 Å². The van der Waals surface area contributed by atoms with Crippen LogP contribution < -0.4 is 0 Å². The monoisotopic (exact) mass is 252 g/mol. The average molecular weight is 252 g/mol. The number of aliphatic carboxylic acids is 1. The summed E-state index contributed by atoms with van der Waals surface area (Å²) in [6, 6.07) is 1.71. The summed E-state index contributed by atoms with van der Waals surface area (Å²) in [4.78, 5) is 26.1. The number of carboxylic acid groups (broad SMARTS) is 1. The van der Waals surface area contributed by atoms with Crippen LogP contribution in [0.3, 0.4) is 0 Å². The number of aryl methyl sites for hydroxylation is 1. The Balaban J connectivity index is 1.90. The van der Waals surface area contributed by atoms with Crippen LogP contribution in [0.15, 0.2) is 6.07 Å². The lowest BCUT2D eigenvalue weighted by Gasteiger charge is -2.33. The number of amides is 1. The molecule has 1 aromatic heterocycles. The second kappa shape index (κ2) is 5.18. The molecule has 2 rings (SSSR count). The average Bonchev–Trinajstić information content (AvgIpc) is 2.75. The van der Waals surface area contributed by atoms with Gasteiger partial charge in [-0.25, -0.2) is 0 Å². The zero-order chi connectivity index (χ0) is 13.1. The van der Waals surface area contributed by atoms with E-state index >= 15 is 0 Å². The van der Waals surface area contributed by atoms with Gasteiger partial charge in [0, 0.05) is 31.9 Å². The van der Waals surface area contributed by atoms with E-state index in [1.165, 1.54) is 0 Å². The summed E-state index contributed by atoms with van der Waals surface area (Å²) in [5.41, 5.74) is 1.27. The molecular formula is C11H16N4O3. The predicted molar refractivity (Wildman–Crippen MR) is 63.3 cm³/mol. The highest BCUT2D eigenvalue weighted by Gasteiger charge is 2.24. The Labute approximate surface area is 104 Å². The Morgan fingerprint density at radius 3 is 2.56 bits per heavy atom. The van der Waals surface area contributed by atoms with Gasteiger partial charge in [0.15, 0.2) is 0 Å². The molecule has 0 aromatic carbocycles. The zero-order valence-electron chi connectivity index (χ0n) is 10.2. The lowest BCUT2D eigenvalue weighted by molar-refractivity contribution is -0.138. The van der Waals surface area contributed by atoms with E-state index in [1.807, 2.05) is 11.8 Å². The van der Waals surface area contributed by atoms with Gasteiger partial charge in [-0.05, 0) is 13.0 Å². The van der Waals surface area contributed by atoms with E-state index in [1.54, 1.807) is 11.0 Å². The predicted octanol–water partition coefficient (Wildman–Crippen LogP) is -0.439. The number of piperazine rings is 1. The third kappa shape index (κ3) is 2.86. The first-order chi connectivity index (χ1) is 8.56. The van der Waals surface area contributed by atoms with Gasteiger partial charge in [-0.1, -0.05) is 0 Å². The quantitative estimate of drug-likeness (QED) is 0.761. The summed E-state index contributed by atoms with van der Waals surface area (Å²) >= 11 is 0. The van der Waals surface area contributed by atoms with Crippen LogP contribution in [0.25, 0.3) is 0 Å². The highest BCUT2D eigenvalue weighted by atomic mass is 16.4. The van der Waals surface area contributed by atoms with Crippen molar-refractivity contribution in [2.24, 2.45) is 0 Å². The largest absolute Gasteiger partial charge is 0.480 e. The molecule has 0 bridgehead atoms. The molecular weight excluding hydrogens is 236 g/mol. The molecule has 1 saturated heterocycles. The first kappa shape index (κ1) is 12.6. The van der Waals surface area contributed by atoms with Gasteiger partial charge in [-0.2, -0.15) is 5.10 Å². The third-order valence-electron chi connectivity index (χ3n) is 2.94. The Morgan fingerprint density at radius 2 is 2.06 bits per heavy atom. The SMILES string of the molecule is Cc1cc(C(=O)N2CCN(CC(=O)O)CC2)n[nH]1. The smallest absolute Gasteiger partial charge is 0.317 e. The molecule has 1 aromatic rings. The molecule has 1 aliphatic rings. The standard InChI is InChI=1S/C11H16N4O3/c1-8-6-9(13-12-8)11(18)15-4-2-14(3-5-15)7-10(16)17/h6H,2-5,7H2,1H3,(H,12,13)(H,16,17). The van der Waals surface area contributed by atoms with E-state index in [0.717, 1.165) is 5.69 Å². The van der Waals surface area contributed by atoms with Crippen LogP contribution in [0.4, 0.5) is 0 Å². The fourth-order valence-electron chi connectivity index (χ4n) is 1.99. The van der Waals surface area contributed by atoms with Crippen molar-refractivity contribution >= 4 is 11.9 Å². The Bertz CT molecular complexity index is 449. The molecule has 1 amide bonds. The number of hydrogen-bond donors (Lipinski definition) is 2. The number of nitrogens with one attached hydrogen (secondary N) is 1. The minimum atomic E-state index is -0.835. The third-order valence-corrected chi connectivity index (χ3v) is 2.94. The van der Waals surface area contributed by atoms with E-state index < -0.39 is 5.97 Å². The van der Waals surface area contributed by atoms with Gasteiger partial charge in [0.05, 0.1) is 6.54 Å². The molecule has 2 N–H and O–H groups in total. The molecule has 7 nitrogen and oxygen atoms in total. The highest BCUT2D eigenvalue weighted by Crippen LogP contribution is 2.07. The lowest BCUT2D eigenvalue weighted by Crippen LogP contribution is -2.50.